The van der Waals surface area contributed by atoms with Crippen LogP contribution in [0, 0.1) is 11.3 Å². The van der Waals surface area contributed by atoms with Gasteiger partial charge in [-0.3, -0.25) is 4.79 Å². The lowest BCUT2D eigenvalue weighted by molar-refractivity contribution is 0.102. The molecule has 0 aliphatic carbocycles. The second-order valence-corrected chi connectivity index (χ2v) is 6.06. The molecule has 2 aromatic carbocycles. The van der Waals surface area contributed by atoms with Crippen molar-refractivity contribution in [2.75, 3.05) is 5.32 Å². The zero-order valence-electron chi connectivity index (χ0n) is 9.95. The Morgan fingerprint density at radius 2 is 1.95 bits per heavy atom. The minimum Gasteiger partial charge on any atom is -0.321 e. The van der Waals surface area contributed by atoms with Crippen LogP contribution in [-0.2, 0) is 0 Å². The van der Waals surface area contributed by atoms with Gasteiger partial charge in [0.05, 0.1) is 27.9 Å². The van der Waals surface area contributed by atoms with Gasteiger partial charge in [0.25, 0.3) is 5.91 Å². The molecule has 100 valence electrons. The molecular weight excluding hydrogens is 407 g/mol. The number of hydrogen-bond donors (Lipinski definition) is 1. The van der Waals surface area contributed by atoms with Crippen LogP contribution in [-0.4, -0.2) is 5.91 Å². The molecule has 0 aliphatic rings. The van der Waals surface area contributed by atoms with Crippen molar-refractivity contribution in [1.82, 2.24) is 0 Å². The molecule has 0 saturated carbocycles. The quantitative estimate of drug-likeness (QED) is 0.753. The number of halogens is 3. The second-order valence-electron chi connectivity index (χ2n) is 3.88. The summed E-state index contributed by atoms with van der Waals surface area (Å²) in [5, 5.41) is 11.9. The maximum absolute atomic E-state index is 12.2. The fourth-order valence-corrected chi connectivity index (χ4v) is 2.59. The van der Waals surface area contributed by atoms with Crippen molar-refractivity contribution in [1.29, 1.82) is 5.26 Å². The lowest BCUT2D eigenvalue weighted by atomic mass is 10.2. The van der Waals surface area contributed by atoms with Crippen LogP contribution < -0.4 is 5.32 Å². The summed E-state index contributed by atoms with van der Waals surface area (Å²) in [6.07, 6.45) is 0. The first-order valence-corrected chi connectivity index (χ1v) is 7.43. The Bertz CT molecular complexity index is 726. The number of carbonyl (C=O) groups is 1. The summed E-state index contributed by atoms with van der Waals surface area (Å²) in [4.78, 5) is 12.2. The lowest BCUT2D eigenvalue weighted by Crippen LogP contribution is -2.13. The first-order chi connectivity index (χ1) is 9.51. The van der Waals surface area contributed by atoms with Crippen LogP contribution in [0.5, 0.6) is 0 Å². The molecule has 1 N–H and O–H groups in total. The summed E-state index contributed by atoms with van der Waals surface area (Å²) in [5.74, 6) is -0.318. The highest BCUT2D eigenvalue weighted by molar-refractivity contribution is 9.10. The summed E-state index contributed by atoms with van der Waals surface area (Å²) < 4.78 is 1.40. The van der Waals surface area contributed by atoms with Crippen LogP contribution in [0.1, 0.15) is 15.9 Å². The molecule has 3 nitrogen and oxygen atoms in total. The van der Waals surface area contributed by atoms with Gasteiger partial charge >= 0.3 is 0 Å². The molecule has 0 aliphatic heterocycles. The van der Waals surface area contributed by atoms with Gasteiger partial charge in [-0.15, -0.1) is 0 Å². The predicted octanol–water partition coefficient (Wildman–Crippen LogP) is 4.99. The molecule has 0 radical (unpaired) electrons. The van der Waals surface area contributed by atoms with E-state index in [0.29, 0.717) is 26.3 Å². The monoisotopic (exact) mass is 412 g/mol. The van der Waals surface area contributed by atoms with Crippen LogP contribution in [0.2, 0.25) is 5.02 Å². The minimum atomic E-state index is -0.318. The zero-order valence-corrected chi connectivity index (χ0v) is 13.9. The van der Waals surface area contributed by atoms with E-state index in [1.807, 2.05) is 6.07 Å². The SMILES string of the molecule is N#Cc1ccc(NC(=O)c2cc(Br)ccc2Cl)c(Br)c1. The topological polar surface area (TPSA) is 52.9 Å². The van der Waals surface area contributed by atoms with Crippen molar-refractivity contribution in [3.05, 3.63) is 61.5 Å². The van der Waals surface area contributed by atoms with E-state index in [4.69, 9.17) is 16.9 Å². The largest absolute Gasteiger partial charge is 0.321 e. The van der Waals surface area contributed by atoms with Gasteiger partial charge in [0, 0.05) is 8.95 Å². The van der Waals surface area contributed by atoms with Gasteiger partial charge in [0.1, 0.15) is 0 Å². The highest BCUT2D eigenvalue weighted by Crippen LogP contribution is 2.26. The van der Waals surface area contributed by atoms with Crippen LogP contribution in [0.25, 0.3) is 0 Å². The third kappa shape index (κ3) is 3.40. The Kier molecular flexibility index (Phi) is 4.81. The number of carbonyl (C=O) groups excluding carboxylic acids is 1. The molecule has 0 unspecified atom stereocenters. The number of nitrogens with zero attached hydrogens (tertiary/aromatic N) is 1. The maximum Gasteiger partial charge on any atom is 0.257 e. The van der Waals surface area contributed by atoms with Crippen molar-refractivity contribution in [2.24, 2.45) is 0 Å². The van der Waals surface area contributed by atoms with Gasteiger partial charge in [-0.25, -0.2) is 0 Å². The summed E-state index contributed by atoms with van der Waals surface area (Å²) in [5.41, 5.74) is 1.46. The fraction of sp³-hybridized carbons (Fsp3) is 0. The van der Waals surface area contributed by atoms with E-state index in [1.165, 1.54) is 0 Å². The normalized spacial score (nSPS) is 9.90. The molecule has 20 heavy (non-hydrogen) atoms. The van der Waals surface area contributed by atoms with E-state index in [2.05, 4.69) is 37.2 Å². The zero-order chi connectivity index (χ0) is 14.7. The number of anilines is 1. The van der Waals surface area contributed by atoms with Crippen LogP contribution >= 0.6 is 43.5 Å². The third-order valence-corrected chi connectivity index (χ3v) is 4.00. The van der Waals surface area contributed by atoms with Gasteiger partial charge in [0.2, 0.25) is 0 Å². The molecule has 1 amide bonds. The van der Waals surface area contributed by atoms with Crippen molar-refractivity contribution >= 4 is 55.1 Å². The highest BCUT2D eigenvalue weighted by atomic mass is 79.9. The van der Waals surface area contributed by atoms with Crippen LogP contribution in [0.15, 0.2) is 45.3 Å². The van der Waals surface area contributed by atoms with E-state index in [-0.39, 0.29) is 5.91 Å². The van der Waals surface area contributed by atoms with E-state index in [1.54, 1.807) is 36.4 Å². The fourth-order valence-electron chi connectivity index (χ4n) is 1.55. The van der Waals surface area contributed by atoms with E-state index >= 15 is 0 Å². The number of nitrogens with one attached hydrogen (secondary N) is 1. The summed E-state index contributed by atoms with van der Waals surface area (Å²) >= 11 is 12.6. The Morgan fingerprint density at radius 1 is 1.20 bits per heavy atom. The van der Waals surface area contributed by atoms with Crippen molar-refractivity contribution < 1.29 is 4.79 Å². The molecule has 0 aromatic heterocycles. The molecule has 6 heteroatoms. The summed E-state index contributed by atoms with van der Waals surface area (Å²) in [7, 11) is 0. The van der Waals surface area contributed by atoms with Gasteiger partial charge in [-0.05, 0) is 52.3 Å². The number of amides is 1. The molecule has 0 spiro atoms. The summed E-state index contributed by atoms with van der Waals surface area (Å²) in [6, 6.07) is 12.0. The number of nitriles is 1. The minimum absolute atomic E-state index is 0.318. The van der Waals surface area contributed by atoms with Gasteiger partial charge in [-0.2, -0.15) is 5.26 Å². The molecular formula is C14H7Br2ClN2O. The van der Waals surface area contributed by atoms with Crippen molar-refractivity contribution in [3.8, 4) is 6.07 Å². The molecule has 0 atom stereocenters. The predicted molar refractivity (Wildman–Crippen MR) is 86.0 cm³/mol. The Hall–Kier alpha value is -1.35. The van der Waals surface area contributed by atoms with Crippen LogP contribution in [0.3, 0.4) is 0 Å². The Balaban J connectivity index is 2.28. The number of benzene rings is 2. The molecule has 2 aromatic rings. The third-order valence-electron chi connectivity index (χ3n) is 2.52. The lowest BCUT2D eigenvalue weighted by Gasteiger charge is -2.09. The Morgan fingerprint density at radius 3 is 2.60 bits per heavy atom. The molecule has 0 saturated heterocycles. The number of rotatable bonds is 2. The molecule has 0 bridgehead atoms. The smallest absolute Gasteiger partial charge is 0.257 e. The van der Waals surface area contributed by atoms with E-state index in [9.17, 15) is 4.79 Å². The average Bonchev–Trinajstić information content (AvgIpc) is 2.43. The Labute approximate surface area is 137 Å². The van der Waals surface area contributed by atoms with Crippen molar-refractivity contribution in [3.63, 3.8) is 0 Å². The van der Waals surface area contributed by atoms with Gasteiger partial charge in [0.15, 0.2) is 0 Å². The maximum atomic E-state index is 12.2. The second kappa shape index (κ2) is 6.40. The first-order valence-electron chi connectivity index (χ1n) is 5.47. The van der Waals surface area contributed by atoms with Crippen LogP contribution in [0.4, 0.5) is 5.69 Å². The first kappa shape index (κ1) is 15.0. The highest BCUT2D eigenvalue weighted by Gasteiger charge is 2.12. The van der Waals surface area contributed by atoms with Gasteiger partial charge in [-0.1, -0.05) is 27.5 Å². The summed E-state index contributed by atoms with van der Waals surface area (Å²) in [6.45, 7) is 0. The molecule has 0 heterocycles. The molecule has 2 rings (SSSR count). The average molecular weight is 414 g/mol. The van der Waals surface area contributed by atoms with E-state index in [0.717, 1.165) is 4.47 Å². The van der Waals surface area contributed by atoms with E-state index < -0.39 is 0 Å². The molecule has 0 fully saturated rings. The van der Waals surface area contributed by atoms with Gasteiger partial charge < -0.3 is 5.32 Å². The standard InChI is InChI=1S/C14H7Br2ClN2O/c15-9-2-3-12(17)10(6-9)14(20)19-13-4-1-8(7-18)5-11(13)16/h1-6H,(H,19,20). The number of hydrogen-bond acceptors (Lipinski definition) is 2. The van der Waals surface area contributed by atoms with Crippen molar-refractivity contribution in [2.45, 2.75) is 0 Å².